The van der Waals surface area contributed by atoms with Gasteiger partial charge in [0.05, 0.1) is 24.2 Å². The number of hydrogen-bond donors (Lipinski definition) is 0. The summed E-state index contributed by atoms with van der Waals surface area (Å²) in [6, 6.07) is 13.9. The minimum absolute atomic E-state index is 0.0278. The molecule has 0 bridgehead atoms. The van der Waals surface area contributed by atoms with Crippen LogP contribution in [0.4, 0.5) is 5.69 Å². The number of carbonyl (C=O) groups excluding carboxylic acids is 1. The normalized spacial score (nSPS) is 22.4. The third-order valence-corrected chi connectivity index (χ3v) is 8.79. The Bertz CT molecular complexity index is 1140. The van der Waals surface area contributed by atoms with E-state index in [1.807, 2.05) is 29.2 Å². The minimum Gasteiger partial charge on any atom is -0.494 e. The van der Waals surface area contributed by atoms with Crippen LogP contribution in [-0.4, -0.2) is 55.5 Å². The monoisotopic (exact) mass is 508 g/mol. The first-order valence-corrected chi connectivity index (χ1v) is 13.8. The molecule has 7 nitrogen and oxygen atoms in total. The fourth-order valence-corrected chi connectivity index (χ4v) is 7.80. The number of amidine groups is 1. The summed E-state index contributed by atoms with van der Waals surface area (Å²) in [5.41, 5.74) is 0.756. The number of sulfone groups is 1. The molecule has 0 radical (unpaired) electrons. The Morgan fingerprint density at radius 3 is 2.70 bits per heavy atom. The lowest BCUT2D eigenvalue weighted by molar-refractivity contribution is -0.119. The van der Waals surface area contributed by atoms with E-state index in [-0.39, 0.29) is 29.4 Å². The largest absolute Gasteiger partial charge is 0.494 e. The van der Waals surface area contributed by atoms with Gasteiger partial charge in [-0.3, -0.25) is 4.79 Å². The summed E-state index contributed by atoms with van der Waals surface area (Å²) in [5.74, 6) is 0.867. The van der Waals surface area contributed by atoms with Crippen molar-refractivity contribution in [3.05, 3.63) is 53.6 Å². The second-order valence-corrected chi connectivity index (χ2v) is 11.7. The zero-order valence-corrected chi connectivity index (χ0v) is 20.5. The van der Waals surface area contributed by atoms with Crippen LogP contribution in [0, 0.1) is 0 Å². The third-order valence-electron chi connectivity index (χ3n) is 5.33. The van der Waals surface area contributed by atoms with E-state index in [4.69, 9.17) is 21.1 Å². The van der Waals surface area contributed by atoms with Crippen molar-refractivity contribution in [3.63, 3.8) is 0 Å². The van der Waals surface area contributed by atoms with Crippen molar-refractivity contribution < 1.29 is 22.7 Å². The first-order valence-electron chi connectivity index (χ1n) is 10.7. The highest BCUT2D eigenvalue weighted by atomic mass is 35.5. The van der Waals surface area contributed by atoms with Gasteiger partial charge >= 0.3 is 0 Å². The Hall–Kier alpha value is -2.23. The fourth-order valence-electron chi connectivity index (χ4n) is 3.74. The standard InChI is InChI=1S/C23H25ClN2O5S2/c1-2-3-11-30-19-6-4-5-17(12-19)26-20-14-33(28,29)15-21(20)32-23(26)25-22(27)13-31-18-9-7-16(24)8-10-18/h4-10,12,20-21H,2-3,11,13-15H2,1H3/t20-,21-/m0/s1. The van der Waals surface area contributed by atoms with Gasteiger partial charge in [0.15, 0.2) is 21.6 Å². The van der Waals surface area contributed by atoms with Gasteiger partial charge in [-0.1, -0.05) is 42.8 Å². The molecular formula is C23H25ClN2O5S2. The highest BCUT2D eigenvalue weighted by molar-refractivity contribution is 8.16. The highest BCUT2D eigenvalue weighted by Gasteiger charge is 2.49. The van der Waals surface area contributed by atoms with Crippen molar-refractivity contribution in [2.24, 2.45) is 4.99 Å². The lowest BCUT2D eigenvalue weighted by atomic mass is 10.2. The molecular weight excluding hydrogens is 484 g/mol. The maximum atomic E-state index is 12.6. The molecule has 2 aromatic rings. The van der Waals surface area contributed by atoms with Crippen LogP contribution < -0.4 is 14.4 Å². The van der Waals surface area contributed by atoms with Gasteiger partial charge in [-0.05, 0) is 42.8 Å². The molecule has 2 saturated heterocycles. The van der Waals surface area contributed by atoms with Gasteiger partial charge in [0, 0.05) is 22.0 Å². The number of amides is 1. The van der Waals surface area contributed by atoms with Crippen LogP contribution in [0.3, 0.4) is 0 Å². The van der Waals surface area contributed by atoms with Gasteiger partial charge in [-0.15, -0.1) is 0 Å². The van der Waals surface area contributed by atoms with Gasteiger partial charge in [-0.2, -0.15) is 4.99 Å². The zero-order chi connectivity index (χ0) is 23.4. The molecule has 2 heterocycles. The summed E-state index contributed by atoms with van der Waals surface area (Å²) in [7, 11) is -3.14. The van der Waals surface area contributed by atoms with E-state index < -0.39 is 15.7 Å². The first-order chi connectivity index (χ1) is 15.8. The molecule has 2 aliphatic heterocycles. The SMILES string of the molecule is CCCCOc1cccc(N2C(=NC(=O)COc3ccc(Cl)cc3)S[C@H]3CS(=O)(=O)C[C@@H]32)c1. The van der Waals surface area contributed by atoms with E-state index in [1.54, 1.807) is 24.3 Å². The van der Waals surface area contributed by atoms with Gasteiger partial charge in [0.2, 0.25) is 0 Å². The number of rotatable bonds is 8. The Kier molecular flexibility index (Phi) is 7.51. The number of aliphatic imine (C=N–C) groups is 1. The van der Waals surface area contributed by atoms with Gasteiger partial charge < -0.3 is 14.4 Å². The molecule has 176 valence electrons. The molecule has 2 aliphatic rings. The number of carbonyl (C=O) groups is 1. The molecule has 0 N–H and O–H groups in total. The second kappa shape index (κ2) is 10.4. The highest BCUT2D eigenvalue weighted by Crippen LogP contribution is 2.41. The van der Waals surface area contributed by atoms with Crippen LogP contribution >= 0.6 is 23.4 Å². The quantitative estimate of drug-likeness (QED) is 0.494. The van der Waals surface area contributed by atoms with E-state index in [2.05, 4.69) is 11.9 Å². The summed E-state index contributed by atoms with van der Waals surface area (Å²) in [6.07, 6.45) is 1.97. The number of nitrogens with zero attached hydrogens (tertiary/aromatic N) is 2. The Labute approximate surface area is 203 Å². The predicted molar refractivity (Wildman–Crippen MR) is 133 cm³/mol. The van der Waals surface area contributed by atoms with Crippen LogP contribution in [-0.2, 0) is 14.6 Å². The van der Waals surface area contributed by atoms with Gasteiger partial charge in [0.25, 0.3) is 5.91 Å². The van der Waals surface area contributed by atoms with Crippen molar-refractivity contribution in [1.29, 1.82) is 0 Å². The number of thioether (sulfide) groups is 1. The maximum absolute atomic E-state index is 12.6. The minimum atomic E-state index is -3.14. The molecule has 0 aromatic heterocycles. The van der Waals surface area contributed by atoms with Crippen LogP contribution in [0.5, 0.6) is 11.5 Å². The van der Waals surface area contributed by atoms with E-state index in [0.717, 1.165) is 18.5 Å². The van der Waals surface area contributed by atoms with E-state index in [0.29, 0.717) is 28.3 Å². The average molecular weight is 509 g/mol. The number of anilines is 1. The molecule has 33 heavy (non-hydrogen) atoms. The number of hydrogen-bond acceptors (Lipinski definition) is 6. The Morgan fingerprint density at radius 1 is 1.15 bits per heavy atom. The van der Waals surface area contributed by atoms with E-state index in [1.165, 1.54) is 11.8 Å². The van der Waals surface area contributed by atoms with E-state index >= 15 is 0 Å². The molecule has 2 atom stereocenters. The molecule has 10 heteroatoms. The lowest BCUT2D eigenvalue weighted by Crippen LogP contribution is -2.37. The van der Waals surface area contributed by atoms with Crippen LogP contribution in [0.1, 0.15) is 19.8 Å². The summed E-state index contributed by atoms with van der Waals surface area (Å²) < 4.78 is 35.9. The summed E-state index contributed by atoms with van der Waals surface area (Å²) in [5, 5.41) is 0.882. The van der Waals surface area contributed by atoms with Crippen molar-refractivity contribution in [2.45, 2.75) is 31.1 Å². The molecule has 4 rings (SSSR count). The number of unbranched alkanes of at least 4 members (excludes halogenated alkanes) is 1. The van der Waals surface area contributed by atoms with Crippen molar-refractivity contribution >= 4 is 50.0 Å². The predicted octanol–water partition coefficient (Wildman–Crippen LogP) is 4.20. The zero-order valence-electron chi connectivity index (χ0n) is 18.1. The second-order valence-electron chi connectivity index (χ2n) is 7.90. The van der Waals surface area contributed by atoms with Gasteiger partial charge in [-0.25, -0.2) is 8.42 Å². The number of ether oxygens (including phenoxy) is 2. The summed E-state index contributed by atoms with van der Waals surface area (Å²) in [4.78, 5) is 18.7. The molecule has 0 spiro atoms. The Morgan fingerprint density at radius 2 is 1.94 bits per heavy atom. The number of fused-ring (bicyclic) bond motifs is 1. The smallest absolute Gasteiger partial charge is 0.285 e. The van der Waals surface area contributed by atoms with Crippen molar-refractivity contribution in [2.75, 3.05) is 29.6 Å². The molecule has 0 unspecified atom stereocenters. The number of benzene rings is 2. The number of halogens is 1. The topological polar surface area (TPSA) is 85.3 Å². The molecule has 0 aliphatic carbocycles. The summed E-state index contributed by atoms with van der Waals surface area (Å²) >= 11 is 7.20. The molecule has 0 saturated carbocycles. The van der Waals surface area contributed by atoms with Crippen molar-refractivity contribution in [1.82, 2.24) is 0 Å². The van der Waals surface area contributed by atoms with Crippen LogP contribution in [0.25, 0.3) is 0 Å². The summed E-state index contributed by atoms with van der Waals surface area (Å²) in [6.45, 7) is 2.47. The fraction of sp³-hybridized carbons (Fsp3) is 0.391. The van der Waals surface area contributed by atoms with E-state index in [9.17, 15) is 13.2 Å². The van der Waals surface area contributed by atoms with Gasteiger partial charge in [0.1, 0.15) is 11.5 Å². The lowest BCUT2D eigenvalue weighted by Gasteiger charge is -2.25. The molecule has 1 amide bonds. The molecule has 2 fully saturated rings. The third kappa shape index (κ3) is 6.02. The average Bonchev–Trinajstić information content (AvgIpc) is 3.24. The first kappa shape index (κ1) is 23.9. The Balaban J connectivity index is 1.54. The van der Waals surface area contributed by atoms with Crippen LogP contribution in [0.2, 0.25) is 5.02 Å². The molecule has 2 aromatic carbocycles. The van der Waals surface area contributed by atoms with Crippen molar-refractivity contribution in [3.8, 4) is 11.5 Å². The van der Waals surface area contributed by atoms with Crippen LogP contribution in [0.15, 0.2) is 53.5 Å². The maximum Gasteiger partial charge on any atom is 0.285 e.